The summed E-state index contributed by atoms with van der Waals surface area (Å²) in [5, 5.41) is 8.39. The van der Waals surface area contributed by atoms with Crippen LogP contribution in [0, 0.1) is 5.92 Å². The van der Waals surface area contributed by atoms with Gasteiger partial charge < -0.3 is 4.90 Å². The highest BCUT2D eigenvalue weighted by molar-refractivity contribution is 7.08. The fourth-order valence-corrected chi connectivity index (χ4v) is 4.54. The number of fused-ring (bicyclic) bond motifs is 3. The Morgan fingerprint density at radius 2 is 2.17 bits per heavy atom. The van der Waals surface area contributed by atoms with Crippen molar-refractivity contribution in [2.75, 3.05) is 0 Å². The third kappa shape index (κ3) is 2.51. The summed E-state index contributed by atoms with van der Waals surface area (Å²) in [6, 6.07) is 2.13. The Bertz CT molecular complexity index is 805. The molecule has 0 radical (unpaired) electrons. The number of hydrogen-bond donors (Lipinski definition) is 0. The van der Waals surface area contributed by atoms with Gasteiger partial charge in [-0.05, 0) is 30.2 Å². The Hall–Kier alpha value is -1.89. The maximum absolute atomic E-state index is 12.9. The van der Waals surface area contributed by atoms with E-state index in [1.54, 1.807) is 20.6 Å². The summed E-state index contributed by atoms with van der Waals surface area (Å²) in [5.74, 6) is 1.31. The lowest BCUT2D eigenvalue weighted by atomic mass is 10.1. The summed E-state index contributed by atoms with van der Waals surface area (Å²) >= 11 is 1.54. The zero-order valence-corrected chi connectivity index (χ0v) is 14.8. The highest BCUT2D eigenvalue weighted by Gasteiger charge is 2.41. The van der Waals surface area contributed by atoms with Crippen LogP contribution in [0.1, 0.15) is 42.9 Å². The van der Waals surface area contributed by atoms with Crippen molar-refractivity contribution in [2.24, 2.45) is 5.92 Å². The molecule has 6 nitrogen and oxygen atoms in total. The molecule has 2 unspecified atom stereocenters. The summed E-state index contributed by atoms with van der Waals surface area (Å²) in [7, 11) is 0. The van der Waals surface area contributed by atoms with E-state index in [0.29, 0.717) is 25.4 Å². The van der Waals surface area contributed by atoms with Gasteiger partial charge in [0.05, 0.1) is 11.6 Å². The van der Waals surface area contributed by atoms with Crippen LogP contribution < -0.4 is 5.69 Å². The summed E-state index contributed by atoms with van der Waals surface area (Å²) in [6.45, 7) is 5.38. The summed E-state index contributed by atoms with van der Waals surface area (Å²) < 4.78 is 3.38. The molecule has 2 aliphatic heterocycles. The van der Waals surface area contributed by atoms with Crippen LogP contribution in [0.5, 0.6) is 0 Å². The Balaban J connectivity index is 1.65. The third-order valence-corrected chi connectivity index (χ3v) is 5.65. The smallest absolute Gasteiger partial charge is 0.330 e. The molecule has 2 atom stereocenters. The molecule has 1 fully saturated rings. The molecule has 0 aliphatic carbocycles. The van der Waals surface area contributed by atoms with Gasteiger partial charge in [-0.15, -0.1) is 0 Å². The molecule has 0 aromatic carbocycles. The molecule has 4 heterocycles. The lowest BCUT2D eigenvalue weighted by Gasteiger charge is -2.27. The van der Waals surface area contributed by atoms with Crippen molar-refractivity contribution in [3.05, 3.63) is 38.7 Å². The molecule has 7 heteroatoms. The topological polar surface area (TPSA) is 60.1 Å². The number of rotatable bonds is 3. The van der Waals surface area contributed by atoms with Crippen LogP contribution in [0.3, 0.4) is 0 Å². The van der Waals surface area contributed by atoms with Crippen molar-refractivity contribution < 1.29 is 4.79 Å². The highest BCUT2D eigenvalue weighted by Crippen LogP contribution is 2.32. The fourth-order valence-electron chi connectivity index (χ4n) is 3.91. The Morgan fingerprint density at radius 1 is 1.38 bits per heavy atom. The van der Waals surface area contributed by atoms with Crippen molar-refractivity contribution >= 4 is 17.2 Å². The van der Waals surface area contributed by atoms with Gasteiger partial charge in [-0.25, -0.2) is 9.48 Å². The molecule has 0 spiro atoms. The minimum atomic E-state index is -0.0332. The lowest BCUT2D eigenvalue weighted by Crippen LogP contribution is -2.42. The minimum Gasteiger partial charge on any atom is -0.330 e. The Morgan fingerprint density at radius 3 is 2.88 bits per heavy atom. The first-order valence-corrected chi connectivity index (χ1v) is 9.50. The van der Waals surface area contributed by atoms with Crippen molar-refractivity contribution in [1.82, 2.24) is 19.2 Å². The van der Waals surface area contributed by atoms with Gasteiger partial charge in [0.1, 0.15) is 5.82 Å². The number of carbonyl (C=O) groups excluding carboxylic acids is 1. The Labute approximate surface area is 144 Å². The number of nitrogens with zero attached hydrogens (tertiary/aromatic N) is 4. The molecule has 24 heavy (non-hydrogen) atoms. The number of aromatic nitrogens is 3. The molecule has 4 rings (SSSR count). The van der Waals surface area contributed by atoms with Gasteiger partial charge in [-0.1, -0.05) is 13.8 Å². The van der Waals surface area contributed by atoms with Crippen molar-refractivity contribution in [2.45, 2.75) is 58.3 Å². The fraction of sp³-hybridized carbons (Fsp3) is 0.588. The summed E-state index contributed by atoms with van der Waals surface area (Å²) in [6.07, 6.45) is 2.63. The van der Waals surface area contributed by atoms with Crippen LogP contribution in [0.25, 0.3) is 0 Å². The molecule has 1 saturated heterocycles. The van der Waals surface area contributed by atoms with Crippen LogP contribution in [0.15, 0.2) is 21.6 Å². The van der Waals surface area contributed by atoms with E-state index in [4.69, 9.17) is 0 Å². The van der Waals surface area contributed by atoms with Gasteiger partial charge in [-0.2, -0.15) is 16.4 Å². The average molecular weight is 346 g/mol. The van der Waals surface area contributed by atoms with E-state index in [2.05, 4.69) is 18.9 Å². The van der Waals surface area contributed by atoms with E-state index in [1.807, 2.05) is 21.7 Å². The molecule has 2 aromatic rings. The van der Waals surface area contributed by atoms with Crippen LogP contribution in [-0.4, -0.2) is 37.2 Å². The van der Waals surface area contributed by atoms with E-state index in [1.165, 1.54) is 0 Å². The predicted octanol–water partition coefficient (Wildman–Crippen LogP) is 1.99. The molecule has 2 bridgehead atoms. The molecule has 128 valence electrons. The minimum absolute atomic E-state index is 0.0332. The summed E-state index contributed by atoms with van der Waals surface area (Å²) in [4.78, 5) is 27.5. The molecule has 2 aliphatic rings. The first-order chi connectivity index (χ1) is 11.5. The number of amides is 1. The Kier molecular flexibility index (Phi) is 3.83. The van der Waals surface area contributed by atoms with Gasteiger partial charge in [-0.3, -0.25) is 9.36 Å². The maximum atomic E-state index is 12.9. The van der Waals surface area contributed by atoms with E-state index >= 15 is 0 Å². The van der Waals surface area contributed by atoms with Crippen LogP contribution in [0.2, 0.25) is 0 Å². The third-order valence-electron chi connectivity index (χ3n) is 4.97. The summed E-state index contributed by atoms with van der Waals surface area (Å²) in [5.41, 5.74) is 0.725. The van der Waals surface area contributed by atoms with Crippen LogP contribution in [-0.2, 0) is 19.5 Å². The first kappa shape index (κ1) is 15.6. The molecular formula is C17H22N4O2S. The average Bonchev–Trinajstić information content (AvgIpc) is 3.20. The number of thiophene rings is 1. The van der Waals surface area contributed by atoms with Gasteiger partial charge in [0.25, 0.3) is 5.91 Å². The second-order valence-corrected chi connectivity index (χ2v) is 7.98. The van der Waals surface area contributed by atoms with E-state index in [9.17, 15) is 9.59 Å². The molecule has 0 saturated carbocycles. The van der Waals surface area contributed by atoms with Crippen LogP contribution in [0.4, 0.5) is 0 Å². The van der Waals surface area contributed by atoms with Crippen LogP contribution >= 0.6 is 11.3 Å². The number of carbonyl (C=O) groups is 1. The zero-order chi connectivity index (χ0) is 16.8. The zero-order valence-electron chi connectivity index (χ0n) is 14.0. The second-order valence-electron chi connectivity index (χ2n) is 7.20. The van der Waals surface area contributed by atoms with E-state index < -0.39 is 0 Å². The van der Waals surface area contributed by atoms with Gasteiger partial charge in [0.15, 0.2) is 0 Å². The van der Waals surface area contributed by atoms with Crippen molar-refractivity contribution in [3.63, 3.8) is 0 Å². The largest absolute Gasteiger partial charge is 0.345 e. The van der Waals surface area contributed by atoms with Gasteiger partial charge in [0, 0.05) is 30.9 Å². The SMILES string of the molecule is CC(C)Cn1nc2n(c1=O)CC1CCC(C2)N1C(=O)c1ccsc1. The highest BCUT2D eigenvalue weighted by atomic mass is 32.1. The van der Waals surface area contributed by atoms with Gasteiger partial charge >= 0.3 is 5.69 Å². The predicted molar refractivity (Wildman–Crippen MR) is 92.3 cm³/mol. The second kappa shape index (κ2) is 5.88. The first-order valence-electron chi connectivity index (χ1n) is 8.56. The molecule has 0 N–H and O–H groups in total. The lowest BCUT2D eigenvalue weighted by molar-refractivity contribution is 0.0665. The molecular weight excluding hydrogens is 324 g/mol. The van der Waals surface area contributed by atoms with Crippen molar-refractivity contribution in [1.29, 1.82) is 0 Å². The maximum Gasteiger partial charge on any atom is 0.345 e. The van der Waals surface area contributed by atoms with Crippen molar-refractivity contribution in [3.8, 4) is 0 Å². The van der Waals surface area contributed by atoms with E-state index in [0.717, 1.165) is 24.2 Å². The molecule has 2 aromatic heterocycles. The quantitative estimate of drug-likeness (QED) is 0.854. The van der Waals surface area contributed by atoms with Gasteiger partial charge in [0.2, 0.25) is 0 Å². The molecule has 1 amide bonds. The van der Waals surface area contributed by atoms with E-state index in [-0.39, 0.29) is 23.7 Å². The normalized spacial score (nSPS) is 22.7. The number of hydrogen-bond acceptors (Lipinski definition) is 4. The monoisotopic (exact) mass is 346 g/mol. The standard InChI is InChI=1S/C17H22N4O2S/c1-11(2)8-20-17(23)19-9-14-4-3-13(7-15(19)18-20)21(14)16(22)12-5-6-24-10-12/h5-6,10-11,13-14H,3-4,7-9H2,1-2H3.